The van der Waals surface area contributed by atoms with Crippen LogP contribution >= 0.6 is 27.3 Å². The van der Waals surface area contributed by atoms with E-state index < -0.39 is 0 Å². The Kier molecular flexibility index (Phi) is 2.86. The minimum atomic E-state index is 0.788. The molecular weight excluding hydrogens is 298 g/mol. The molecule has 0 aliphatic rings. The highest BCUT2D eigenvalue weighted by atomic mass is 79.9. The van der Waals surface area contributed by atoms with E-state index >= 15 is 0 Å². The summed E-state index contributed by atoms with van der Waals surface area (Å²) in [5.74, 6) is 0.815. The van der Waals surface area contributed by atoms with Crippen LogP contribution in [0, 0.1) is 0 Å². The van der Waals surface area contributed by atoms with Crippen molar-refractivity contribution in [3.63, 3.8) is 0 Å². The van der Waals surface area contributed by atoms with Crippen molar-refractivity contribution >= 4 is 44.2 Å². The van der Waals surface area contributed by atoms with Crippen LogP contribution in [0.4, 0.5) is 5.95 Å². The monoisotopic (exact) mass is 307 g/mol. The number of nitrogens with zero attached hydrogens (tertiary/aromatic N) is 1. The van der Waals surface area contributed by atoms with E-state index in [-0.39, 0.29) is 0 Å². The molecule has 2 N–H and O–H groups in total. The first kappa shape index (κ1) is 10.8. The summed E-state index contributed by atoms with van der Waals surface area (Å²) in [6, 6.07) is 10.1. The Morgan fingerprint density at radius 2 is 2.24 bits per heavy atom. The van der Waals surface area contributed by atoms with Crippen LogP contribution in [-0.4, -0.2) is 9.97 Å². The summed E-state index contributed by atoms with van der Waals surface area (Å²) in [7, 11) is 0. The van der Waals surface area contributed by atoms with E-state index in [1.165, 1.54) is 4.88 Å². The molecule has 1 aromatic carbocycles. The zero-order valence-corrected chi connectivity index (χ0v) is 11.3. The summed E-state index contributed by atoms with van der Waals surface area (Å²) in [4.78, 5) is 8.98. The van der Waals surface area contributed by atoms with Crippen molar-refractivity contribution in [3.05, 3.63) is 45.1 Å². The van der Waals surface area contributed by atoms with Crippen molar-refractivity contribution in [2.45, 2.75) is 6.54 Å². The lowest BCUT2D eigenvalue weighted by molar-refractivity contribution is 1.13. The topological polar surface area (TPSA) is 40.7 Å². The summed E-state index contributed by atoms with van der Waals surface area (Å²) in [6.07, 6.45) is 0. The van der Waals surface area contributed by atoms with E-state index in [0.29, 0.717) is 0 Å². The fraction of sp³-hybridized carbons (Fsp3) is 0.0833. The molecule has 2 heterocycles. The number of H-pyrrole nitrogens is 1. The summed E-state index contributed by atoms with van der Waals surface area (Å²) in [5, 5.41) is 5.37. The molecule has 0 saturated heterocycles. The van der Waals surface area contributed by atoms with E-state index in [2.05, 4.69) is 42.7 Å². The highest BCUT2D eigenvalue weighted by Crippen LogP contribution is 2.21. The zero-order chi connectivity index (χ0) is 11.7. The number of para-hydroxylation sites is 2. The minimum absolute atomic E-state index is 0.788. The molecule has 0 atom stereocenters. The highest BCUT2D eigenvalue weighted by Gasteiger charge is 2.02. The molecule has 0 unspecified atom stereocenters. The van der Waals surface area contributed by atoms with Gasteiger partial charge in [0.15, 0.2) is 0 Å². The summed E-state index contributed by atoms with van der Waals surface area (Å²) in [6.45, 7) is 0.788. The lowest BCUT2D eigenvalue weighted by Gasteiger charge is -1.98. The van der Waals surface area contributed by atoms with Crippen molar-refractivity contribution in [2.75, 3.05) is 5.32 Å². The SMILES string of the molecule is Brc1csc(CNc2nc3ccccc3[nH]2)c1. The third kappa shape index (κ3) is 2.35. The van der Waals surface area contributed by atoms with Gasteiger partial charge in [0, 0.05) is 14.7 Å². The first-order valence-corrected chi connectivity index (χ1v) is 6.90. The Labute approximate surface area is 111 Å². The predicted molar refractivity (Wildman–Crippen MR) is 75.4 cm³/mol. The molecule has 0 aliphatic heterocycles. The fourth-order valence-electron chi connectivity index (χ4n) is 1.65. The van der Waals surface area contributed by atoms with Crippen molar-refractivity contribution in [1.29, 1.82) is 0 Å². The number of nitrogens with one attached hydrogen (secondary N) is 2. The maximum absolute atomic E-state index is 4.46. The van der Waals surface area contributed by atoms with Gasteiger partial charge in [0.25, 0.3) is 0 Å². The summed E-state index contributed by atoms with van der Waals surface area (Å²) in [5.41, 5.74) is 2.05. The molecule has 0 saturated carbocycles. The molecule has 0 bridgehead atoms. The molecule has 0 spiro atoms. The number of hydrogen-bond acceptors (Lipinski definition) is 3. The van der Waals surface area contributed by atoms with E-state index in [0.717, 1.165) is 28.0 Å². The van der Waals surface area contributed by atoms with Gasteiger partial charge in [-0.2, -0.15) is 0 Å². The van der Waals surface area contributed by atoms with Crippen molar-refractivity contribution < 1.29 is 0 Å². The number of halogens is 1. The predicted octanol–water partition coefficient (Wildman–Crippen LogP) is 4.00. The Hall–Kier alpha value is -1.33. The quantitative estimate of drug-likeness (QED) is 0.768. The first-order chi connectivity index (χ1) is 8.31. The number of rotatable bonds is 3. The highest BCUT2D eigenvalue weighted by molar-refractivity contribution is 9.10. The van der Waals surface area contributed by atoms with Gasteiger partial charge in [0.05, 0.1) is 17.6 Å². The molecule has 0 amide bonds. The second kappa shape index (κ2) is 4.50. The number of benzene rings is 1. The molecule has 3 nitrogen and oxygen atoms in total. The molecule has 3 aromatic rings. The van der Waals surface area contributed by atoms with Gasteiger partial charge in [-0.3, -0.25) is 0 Å². The van der Waals surface area contributed by atoms with Gasteiger partial charge < -0.3 is 10.3 Å². The molecule has 3 rings (SSSR count). The van der Waals surface area contributed by atoms with E-state index in [4.69, 9.17) is 0 Å². The van der Waals surface area contributed by atoms with Crippen LogP contribution in [-0.2, 0) is 6.54 Å². The van der Waals surface area contributed by atoms with Crippen LogP contribution in [0.15, 0.2) is 40.2 Å². The van der Waals surface area contributed by atoms with Crippen molar-refractivity contribution in [2.24, 2.45) is 0 Å². The molecule has 2 aromatic heterocycles. The molecule has 17 heavy (non-hydrogen) atoms. The van der Waals surface area contributed by atoms with Crippen LogP contribution in [0.5, 0.6) is 0 Å². The van der Waals surface area contributed by atoms with Crippen LogP contribution in [0.2, 0.25) is 0 Å². The van der Waals surface area contributed by atoms with Gasteiger partial charge in [0.1, 0.15) is 0 Å². The molecule has 0 radical (unpaired) electrons. The maximum atomic E-state index is 4.46. The number of anilines is 1. The van der Waals surface area contributed by atoms with E-state index in [1.807, 2.05) is 24.3 Å². The van der Waals surface area contributed by atoms with Crippen LogP contribution in [0.3, 0.4) is 0 Å². The van der Waals surface area contributed by atoms with Crippen molar-refractivity contribution in [3.8, 4) is 0 Å². The average Bonchev–Trinajstić information content (AvgIpc) is 2.91. The Bertz CT molecular complexity index is 611. The lowest BCUT2D eigenvalue weighted by atomic mass is 10.3. The van der Waals surface area contributed by atoms with Crippen LogP contribution in [0.1, 0.15) is 4.88 Å². The number of aromatic nitrogens is 2. The van der Waals surface area contributed by atoms with Gasteiger partial charge >= 0.3 is 0 Å². The molecular formula is C12H10BrN3S. The van der Waals surface area contributed by atoms with Gasteiger partial charge in [-0.1, -0.05) is 12.1 Å². The Balaban J connectivity index is 1.76. The second-order valence-electron chi connectivity index (χ2n) is 3.69. The number of imidazole rings is 1. The Morgan fingerprint density at radius 1 is 1.35 bits per heavy atom. The van der Waals surface area contributed by atoms with Gasteiger partial charge in [-0.05, 0) is 34.1 Å². The number of fused-ring (bicyclic) bond motifs is 1. The fourth-order valence-corrected chi connectivity index (χ4v) is 3.04. The number of hydrogen-bond donors (Lipinski definition) is 2. The average molecular weight is 308 g/mol. The second-order valence-corrected chi connectivity index (χ2v) is 5.60. The standard InChI is InChI=1S/C12H10BrN3S/c13-8-5-9(17-7-8)6-14-12-15-10-3-1-2-4-11(10)16-12/h1-5,7H,6H2,(H2,14,15,16). The molecule has 5 heteroatoms. The zero-order valence-electron chi connectivity index (χ0n) is 8.90. The summed E-state index contributed by atoms with van der Waals surface area (Å²) >= 11 is 5.17. The Morgan fingerprint density at radius 3 is 3.00 bits per heavy atom. The maximum Gasteiger partial charge on any atom is 0.201 e. The lowest BCUT2D eigenvalue weighted by Crippen LogP contribution is -1.98. The van der Waals surface area contributed by atoms with Crippen molar-refractivity contribution in [1.82, 2.24) is 9.97 Å². The minimum Gasteiger partial charge on any atom is -0.351 e. The van der Waals surface area contributed by atoms with Crippen LogP contribution in [0.25, 0.3) is 11.0 Å². The van der Waals surface area contributed by atoms with E-state index in [1.54, 1.807) is 11.3 Å². The molecule has 0 fully saturated rings. The van der Waals surface area contributed by atoms with Gasteiger partial charge in [-0.25, -0.2) is 4.98 Å². The van der Waals surface area contributed by atoms with Gasteiger partial charge in [-0.15, -0.1) is 11.3 Å². The van der Waals surface area contributed by atoms with Gasteiger partial charge in [0.2, 0.25) is 5.95 Å². The largest absolute Gasteiger partial charge is 0.351 e. The number of aromatic amines is 1. The van der Waals surface area contributed by atoms with E-state index in [9.17, 15) is 0 Å². The first-order valence-electron chi connectivity index (χ1n) is 5.23. The molecule has 0 aliphatic carbocycles. The number of thiophene rings is 1. The molecule has 86 valence electrons. The summed E-state index contributed by atoms with van der Waals surface area (Å²) < 4.78 is 1.13. The smallest absolute Gasteiger partial charge is 0.201 e. The third-order valence-electron chi connectivity index (χ3n) is 2.44. The normalized spacial score (nSPS) is 10.9. The van der Waals surface area contributed by atoms with Crippen LogP contribution < -0.4 is 5.32 Å². The third-order valence-corrected chi connectivity index (χ3v) is 4.14.